The number of rotatable bonds is 3. The molecule has 1 aliphatic carbocycles. The number of hydrogen-bond donors (Lipinski definition) is 2. The van der Waals surface area contributed by atoms with Gasteiger partial charge in [-0.1, -0.05) is 25.3 Å². The minimum atomic E-state index is -0.405. The number of anilines is 1. The third kappa shape index (κ3) is 3.78. The van der Waals surface area contributed by atoms with Gasteiger partial charge in [0, 0.05) is 24.3 Å². The first-order chi connectivity index (χ1) is 11.2. The van der Waals surface area contributed by atoms with Gasteiger partial charge in [-0.15, -0.1) is 0 Å². The van der Waals surface area contributed by atoms with Gasteiger partial charge in [0.1, 0.15) is 5.75 Å². The summed E-state index contributed by atoms with van der Waals surface area (Å²) < 4.78 is 5.19. The molecule has 3 rings (SSSR count). The zero-order valence-corrected chi connectivity index (χ0v) is 13.7. The van der Waals surface area contributed by atoms with Crippen molar-refractivity contribution in [2.75, 3.05) is 19.0 Å². The normalized spacial score (nSPS) is 25.4. The average Bonchev–Trinajstić information content (AvgIpc) is 2.98. The van der Waals surface area contributed by atoms with E-state index in [4.69, 9.17) is 4.74 Å². The number of urea groups is 1. The van der Waals surface area contributed by atoms with Crippen molar-refractivity contribution in [2.24, 2.45) is 5.92 Å². The molecule has 0 aromatic heterocycles. The van der Waals surface area contributed by atoms with Crippen molar-refractivity contribution >= 4 is 11.7 Å². The lowest BCUT2D eigenvalue weighted by atomic mass is 9.83. The Balaban J connectivity index is 1.68. The van der Waals surface area contributed by atoms with Crippen LogP contribution in [0.3, 0.4) is 0 Å². The average molecular weight is 318 g/mol. The first-order valence-corrected chi connectivity index (χ1v) is 8.57. The number of nitrogens with zero attached hydrogens (tertiary/aromatic N) is 1. The summed E-state index contributed by atoms with van der Waals surface area (Å²) in [6.45, 7) is 0.428. The van der Waals surface area contributed by atoms with E-state index in [2.05, 4.69) is 5.32 Å². The molecule has 1 aliphatic heterocycles. The summed E-state index contributed by atoms with van der Waals surface area (Å²) in [5.74, 6) is 1.24. The van der Waals surface area contributed by atoms with Gasteiger partial charge in [-0.2, -0.15) is 0 Å². The van der Waals surface area contributed by atoms with Crippen LogP contribution < -0.4 is 10.1 Å². The second-order valence-corrected chi connectivity index (χ2v) is 6.67. The third-order valence-electron chi connectivity index (χ3n) is 5.10. The van der Waals surface area contributed by atoms with Crippen LogP contribution in [-0.2, 0) is 0 Å². The topological polar surface area (TPSA) is 61.8 Å². The maximum Gasteiger partial charge on any atom is 0.322 e. The molecule has 1 saturated heterocycles. The number of amides is 2. The van der Waals surface area contributed by atoms with E-state index in [0.29, 0.717) is 24.6 Å². The predicted molar refractivity (Wildman–Crippen MR) is 89.7 cm³/mol. The van der Waals surface area contributed by atoms with E-state index in [1.165, 1.54) is 32.1 Å². The van der Waals surface area contributed by atoms with Crippen LogP contribution >= 0.6 is 0 Å². The number of nitrogens with one attached hydrogen (secondary N) is 1. The molecule has 0 bridgehead atoms. The number of benzene rings is 1. The molecule has 0 spiro atoms. The molecule has 1 aromatic rings. The van der Waals surface area contributed by atoms with E-state index in [1.54, 1.807) is 13.2 Å². The molecule has 2 atom stereocenters. The minimum absolute atomic E-state index is 0.120. The SMILES string of the molecule is COc1cccc(NC(=O)N2CC(O)CC2C2CCCCC2)c1. The molecule has 2 aliphatic rings. The first-order valence-electron chi connectivity index (χ1n) is 8.57. The highest BCUT2D eigenvalue weighted by Gasteiger charge is 2.39. The molecule has 1 aromatic carbocycles. The van der Waals surface area contributed by atoms with Crippen LogP contribution in [0.5, 0.6) is 5.75 Å². The number of ether oxygens (including phenoxy) is 1. The smallest absolute Gasteiger partial charge is 0.322 e. The predicted octanol–water partition coefficient (Wildman–Crippen LogP) is 3.24. The molecular formula is C18H26N2O3. The molecule has 1 saturated carbocycles. The minimum Gasteiger partial charge on any atom is -0.497 e. The molecule has 2 fully saturated rings. The fourth-order valence-corrected chi connectivity index (χ4v) is 3.94. The van der Waals surface area contributed by atoms with Gasteiger partial charge in [0.2, 0.25) is 0 Å². The molecule has 1 heterocycles. The van der Waals surface area contributed by atoms with Crippen molar-refractivity contribution in [1.82, 2.24) is 4.90 Å². The van der Waals surface area contributed by atoms with Gasteiger partial charge >= 0.3 is 6.03 Å². The third-order valence-corrected chi connectivity index (χ3v) is 5.10. The van der Waals surface area contributed by atoms with E-state index in [-0.39, 0.29) is 12.1 Å². The number of β-amino-alcohol motifs (C(OH)–C–C–N with tert-alkyl or cyclic N) is 1. The van der Waals surface area contributed by atoms with Crippen molar-refractivity contribution in [2.45, 2.75) is 50.7 Å². The Morgan fingerprint density at radius 1 is 1.30 bits per heavy atom. The summed E-state index contributed by atoms with van der Waals surface area (Å²) in [5.41, 5.74) is 0.720. The maximum absolute atomic E-state index is 12.7. The van der Waals surface area contributed by atoms with Crippen LogP contribution in [0.4, 0.5) is 10.5 Å². The zero-order chi connectivity index (χ0) is 16.2. The monoisotopic (exact) mass is 318 g/mol. The molecule has 2 amide bonds. The van der Waals surface area contributed by atoms with Gasteiger partial charge < -0.3 is 20.1 Å². The van der Waals surface area contributed by atoms with Gasteiger partial charge in [0.05, 0.1) is 13.2 Å². The van der Waals surface area contributed by atoms with Crippen molar-refractivity contribution in [3.8, 4) is 5.75 Å². The number of methoxy groups -OCH3 is 1. The fraction of sp³-hybridized carbons (Fsp3) is 0.611. The van der Waals surface area contributed by atoms with Crippen LogP contribution in [-0.4, -0.2) is 41.8 Å². The lowest BCUT2D eigenvalue weighted by molar-refractivity contribution is 0.164. The summed E-state index contributed by atoms with van der Waals surface area (Å²) in [5, 5.41) is 13.0. The van der Waals surface area contributed by atoms with Gasteiger partial charge in [-0.05, 0) is 37.3 Å². The second-order valence-electron chi connectivity index (χ2n) is 6.67. The van der Waals surface area contributed by atoms with Crippen LogP contribution in [0.2, 0.25) is 0 Å². The highest BCUT2D eigenvalue weighted by molar-refractivity contribution is 5.90. The fourth-order valence-electron chi connectivity index (χ4n) is 3.94. The highest BCUT2D eigenvalue weighted by Crippen LogP contribution is 2.34. The Kier molecular flexibility index (Phi) is 5.06. The number of hydrogen-bond acceptors (Lipinski definition) is 3. The van der Waals surface area contributed by atoms with Gasteiger partial charge in [-0.25, -0.2) is 4.79 Å². The Hall–Kier alpha value is -1.75. The van der Waals surface area contributed by atoms with Crippen molar-refractivity contribution in [3.05, 3.63) is 24.3 Å². The summed E-state index contributed by atoms with van der Waals surface area (Å²) >= 11 is 0. The largest absolute Gasteiger partial charge is 0.497 e. The lowest BCUT2D eigenvalue weighted by Crippen LogP contribution is -2.43. The Morgan fingerprint density at radius 3 is 2.83 bits per heavy atom. The number of aliphatic hydroxyl groups is 1. The summed E-state index contributed by atoms with van der Waals surface area (Å²) in [7, 11) is 1.61. The quantitative estimate of drug-likeness (QED) is 0.899. The number of aliphatic hydroxyl groups excluding tert-OH is 1. The number of carbonyl (C=O) groups excluding carboxylic acids is 1. The summed E-state index contributed by atoms with van der Waals surface area (Å²) in [4.78, 5) is 14.5. The summed E-state index contributed by atoms with van der Waals surface area (Å²) in [6.07, 6.45) is 6.40. The first kappa shape index (κ1) is 16.1. The molecule has 5 nitrogen and oxygen atoms in total. The number of carbonyl (C=O) groups is 1. The van der Waals surface area contributed by atoms with Crippen LogP contribution in [0.1, 0.15) is 38.5 Å². The van der Waals surface area contributed by atoms with Gasteiger partial charge in [-0.3, -0.25) is 0 Å². The standard InChI is InChI=1S/C18H26N2O3/c1-23-16-9-5-8-14(10-16)19-18(22)20-12-15(21)11-17(20)13-6-3-2-4-7-13/h5,8-10,13,15,17,21H,2-4,6-7,11-12H2,1H3,(H,19,22). The van der Waals surface area contributed by atoms with Crippen molar-refractivity contribution in [3.63, 3.8) is 0 Å². The molecule has 2 unspecified atom stereocenters. The summed E-state index contributed by atoms with van der Waals surface area (Å²) in [6, 6.07) is 7.40. The Bertz CT molecular complexity index is 543. The van der Waals surface area contributed by atoms with Gasteiger partial charge in [0.25, 0.3) is 0 Å². The maximum atomic E-state index is 12.7. The van der Waals surface area contributed by atoms with Crippen LogP contribution in [0.15, 0.2) is 24.3 Å². The molecule has 0 radical (unpaired) electrons. The van der Waals surface area contributed by atoms with Crippen LogP contribution in [0.25, 0.3) is 0 Å². The second kappa shape index (κ2) is 7.21. The van der Waals surface area contributed by atoms with E-state index in [0.717, 1.165) is 5.69 Å². The van der Waals surface area contributed by atoms with E-state index < -0.39 is 6.10 Å². The number of likely N-dealkylation sites (tertiary alicyclic amines) is 1. The molecule has 5 heteroatoms. The molecule has 23 heavy (non-hydrogen) atoms. The molecular weight excluding hydrogens is 292 g/mol. The molecule has 2 N–H and O–H groups in total. The van der Waals surface area contributed by atoms with Crippen LogP contribution in [0, 0.1) is 5.92 Å². The van der Waals surface area contributed by atoms with E-state index in [9.17, 15) is 9.90 Å². The van der Waals surface area contributed by atoms with Crippen molar-refractivity contribution in [1.29, 1.82) is 0 Å². The van der Waals surface area contributed by atoms with E-state index >= 15 is 0 Å². The van der Waals surface area contributed by atoms with Crippen molar-refractivity contribution < 1.29 is 14.6 Å². The highest BCUT2D eigenvalue weighted by atomic mass is 16.5. The Morgan fingerprint density at radius 2 is 2.09 bits per heavy atom. The van der Waals surface area contributed by atoms with E-state index in [1.807, 2.05) is 23.1 Å². The lowest BCUT2D eigenvalue weighted by Gasteiger charge is -2.33. The van der Waals surface area contributed by atoms with Gasteiger partial charge in [0.15, 0.2) is 0 Å². The Labute approximate surface area is 137 Å². The molecule has 126 valence electrons. The zero-order valence-electron chi connectivity index (χ0n) is 13.7.